The SMILES string of the molecule is CC(CCCO)NCc1ccc(C(=O)O)cc1. The topological polar surface area (TPSA) is 69.6 Å². The number of carboxylic acids is 1. The van der Waals surface area contributed by atoms with E-state index in [1.807, 2.05) is 12.1 Å². The van der Waals surface area contributed by atoms with Crippen LogP contribution in [0.2, 0.25) is 0 Å². The first-order valence-corrected chi connectivity index (χ1v) is 5.80. The first kappa shape index (κ1) is 13.7. The molecule has 0 amide bonds. The van der Waals surface area contributed by atoms with E-state index in [9.17, 15) is 4.79 Å². The van der Waals surface area contributed by atoms with Gasteiger partial charge in [-0.25, -0.2) is 4.79 Å². The van der Waals surface area contributed by atoms with E-state index in [1.54, 1.807) is 12.1 Å². The Morgan fingerprint density at radius 3 is 2.53 bits per heavy atom. The van der Waals surface area contributed by atoms with Crippen molar-refractivity contribution in [2.45, 2.75) is 32.4 Å². The third-order valence-corrected chi connectivity index (χ3v) is 2.65. The molecule has 0 aliphatic carbocycles. The van der Waals surface area contributed by atoms with Crippen LogP contribution < -0.4 is 5.32 Å². The summed E-state index contributed by atoms with van der Waals surface area (Å²) in [5, 5.41) is 20.8. The summed E-state index contributed by atoms with van der Waals surface area (Å²) in [6, 6.07) is 7.20. The molecule has 0 radical (unpaired) electrons. The second-order valence-corrected chi connectivity index (χ2v) is 4.15. The molecule has 4 heteroatoms. The monoisotopic (exact) mass is 237 g/mol. The molecule has 0 saturated carbocycles. The van der Waals surface area contributed by atoms with Gasteiger partial charge in [0.05, 0.1) is 5.56 Å². The molecule has 94 valence electrons. The van der Waals surface area contributed by atoms with E-state index in [0.29, 0.717) is 18.2 Å². The third-order valence-electron chi connectivity index (χ3n) is 2.65. The van der Waals surface area contributed by atoms with Crippen molar-refractivity contribution in [2.75, 3.05) is 6.61 Å². The van der Waals surface area contributed by atoms with Crippen LogP contribution in [0.25, 0.3) is 0 Å². The van der Waals surface area contributed by atoms with Gasteiger partial charge in [0.15, 0.2) is 0 Å². The highest BCUT2D eigenvalue weighted by Gasteiger charge is 2.03. The third kappa shape index (κ3) is 4.97. The molecule has 17 heavy (non-hydrogen) atoms. The van der Waals surface area contributed by atoms with Crippen molar-refractivity contribution in [3.05, 3.63) is 35.4 Å². The average molecular weight is 237 g/mol. The minimum absolute atomic E-state index is 0.222. The van der Waals surface area contributed by atoms with Gasteiger partial charge in [-0.15, -0.1) is 0 Å². The van der Waals surface area contributed by atoms with Crippen molar-refractivity contribution < 1.29 is 15.0 Å². The summed E-state index contributed by atoms with van der Waals surface area (Å²) in [5.41, 5.74) is 1.37. The summed E-state index contributed by atoms with van der Waals surface area (Å²) in [4.78, 5) is 10.7. The first-order valence-electron chi connectivity index (χ1n) is 5.80. The van der Waals surface area contributed by atoms with Crippen LogP contribution in [0.15, 0.2) is 24.3 Å². The van der Waals surface area contributed by atoms with Crippen LogP contribution in [-0.4, -0.2) is 28.8 Å². The van der Waals surface area contributed by atoms with Crippen LogP contribution in [0.4, 0.5) is 0 Å². The van der Waals surface area contributed by atoms with Gasteiger partial charge in [-0.3, -0.25) is 0 Å². The molecule has 1 aromatic rings. The van der Waals surface area contributed by atoms with Crippen LogP contribution in [0.1, 0.15) is 35.7 Å². The van der Waals surface area contributed by atoms with Crippen LogP contribution in [0, 0.1) is 0 Å². The number of hydrogen-bond donors (Lipinski definition) is 3. The largest absolute Gasteiger partial charge is 0.478 e. The van der Waals surface area contributed by atoms with E-state index in [2.05, 4.69) is 12.2 Å². The number of aliphatic hydroxyl groups excluding tert-OH is 1. The van der Waals surface area contributed by atoms with Gasteiger partial charge in [0, 0.05) is 19.2 Å². The zero-order chi connectivity index (χ0) is 12.7. The van der Waals surface area contributed by atoms with Gasteiger partial charge in [-0.2, -0.15) is 0 Å². The molecule has 1 atom stereocenters. The van der Waals surface area contributed by atoms with Crippen LogP contribution in [0.3, 0.4) is 0 Å². The van der Waals surface area contributed by atoms with Crippen molar-refractivity contribution >= 4 is 5.97 Å². The van der Waals surface area contributed by atoms with E-state index in [1.165, 1.54) is 0 Å². The summed E-state index contributed by atoms with van der Waals surface area (Å²) in [6.07, 6.45) is 1.73. The summed E-state index contributed by atoms with van der Waals surface area (Å²) in [5.74, 6) is -0.902. The van der Waals surface area contributed by atoms with Gasteiger partial charge < -0.3 is 15.5 Å². The molecule has 0 saturated heterocycles. The predicted molar refractivity (Wildman–Crippen MR) is 66.0 cm³/mol. The Balaban J connectivity index is 2.39. The highest BCUT2D eigenvalue weighted by Crippen LogP contribution is 2.05. The summed E-state index contributed by atoms with van der Waals surface area (Å²) < 4.78 is 0. The number of aliphatic hydroxyl groups is 1. The van der Waals surface area contributed by atoms with Gasteiger partial charge in [-0.1, -0.05) is 12.1 Å². The Hall–Kier alpha value is -1.39. The molecular formula is C13H19NO3. The smallest absolute Gasteiger partial charge is 0.335 e. The number of rotatable bonds is 7. The van der Waals surface area contributed by atoms with Crippen molar-refractivity contribution in [1.82, 2.24) is 5.32 Å². The highest BCUT2D eigenvalue weighted by atomic mass is 16.4. The molecule has 0 aliphatic rings. The second-order valence-electron chi connectivity index (χ2n) is 4.15. The zero-order valence-corrected chi connectivity index (χ0v) is 10.0. The van der Waals surface area contributed by atoms with Crippen LogP contribution in [-0.2, 0) is 6.54 Å². The summed E-state index contributed by atoms with van der Waals surface area (Å²) in [6.45, 7) is 3.01. The molecule has 0 bridgehead atoms. The number of aromatic carboxylic acids is 1. The Morgan fingerprint density at radius 1 is 1.35 bits per heavy atom. The first-order chi connectivity index (χ1) is 8.13. The lowest BCUT2D eigenvalue weighted by atomic mass is 10.1. The maximum atomic E-state index is 10.7. The minimum Gasteiger partial charge on any atom is -0.478 e. The molecule has 3 N–H and O–H groups in total. The maximum absolute atomic E-state index is 10.7. The zero-order valence-electron chi connectivity index (χ0n) is 10.0. The molecule has 1 aromatic carbocycles. The predicted octanol–water partition coefficient (Wildman–Crippen LogP) is 1.64. The molecule has 0 aliphatic heterocycles. The van der Waals surface area contributed by atoms with Gasteiger partial charge >= 0.3 is 5.97 Å². The van der Waals surface area contributed by atoms with Crippen molar-refractivity contribution in [2.24, 2.45) is 0 Å². The average Bonchev–Trinajstić information content (AvgIpc) is 2.34. The fourth-order valence-corrected chi connectivity index (χ4v) is 1.56. The maximum Gasteiger partial charge on any atom is 0.335 e. The molecule has 1 rings (SSSR count). The normalized spacial score (nSPS) is 12.4. The summed E-state index contributed by atoms with van der Waals surface area (Å²) in [7, 11) is 0. The number of carboxylic acid groups (broad SMARTS) is 1. The van der Waals surface area contributed by atoms with Gasteiger partial charge in [-0.05, 0) is 37.5 Å². The number of hydrogen-bond acceptors (Lipinski definition) is 3. The van der Waals surface area contributed by atoms with Gasteiger partial charge in [0.1, 0.15) is 0 Å². The molecule has 0 heterocycles. The molecule has 0 aromatic heterocycles. The van der Waals surface area contributed by atoms with E-state index in [4.69, 9.17) is 10.2 Å². The lowest BCUT2D eigenvalue weighted by Gasteiger charge is -2.13. The Kier molecular flexibility index (Phi) is 5.66. The summed E-state index contributed by atoms with van der Waals surface area (Å²) >= 11 is 0. The molecule has 4 nitrogen and oxygen atoms in total. The number of benzene rings is 1. The van der Waals surface area contributed by atoms with Crippen LogP contribution in [0.5, 0.6) is 0 Å². The van der Waals surface area contributed by atoms with E-state index in [-0.39, 0.29) is 6.61 Å². The molecule has 1 unspecified atom stereocenters. The Morgan fingerprint density at radius 2 is 2.00 bits per heavy atom. The van der Waals surface area contributed by atoms with E-state index in [0.717, 1.165) is 18.4 Å². The van der Waals surface area contributed by atoms with Gasteiger partial charge in [0.2, 0.25) is 0 Å². The fraction of sp³-hybridized carbons (Fsp3) is 0.462. The lowest BCUT2D eigenvalue weighted by molar-refractivity contribution is 0.0697. The fourth-order valence-electron chi connectivity index (χ4n) is 1.56. The molecular weight excluding hydrogens is 218 g/mol. The number of nitrogens with one attached hydrogen (secondary N) is 1. The molecule has 0 spiro atoms. The Bertz CT molecular complexity index is 348. The van der Waals surface area contributed by atoms with Crippen LogP contribution >= 0.6 is 0 Å². The van der Waals surface area contributed by atoms with Gasteiger partial charge in [0.25, 0.3) is 0 Å². The van der Waals surface area contributed by atoms with Crippen molar-refractivity contribution in [3.8, 4) is 0 Å². The Labute approximate surface area is 101 Å². The molecule has 0 fully saturated rings. The van der Waals surface area contributed by atoms with E-state index >= 15 is 0 Å². The van der Waals surface area contributed by atoms with E-state index < -0.39 is 5.97 Å². The van der Waals surface area contributed by atoms with Crippen molar-refractivity contribution in [3.63, 3.8) is 0 Å². The standard InChI is InChI=1S/C13H19NO3/c1-10(3-2-8-15)14-9-11-4-6-12(7-5-11)13(16)17/h4-7,10,14-15H,2-3,8-9H2,1H3,(H,16,17). The lowest BCUT2D eigenvalue weighted by Crippen LogP contribution is -2.25. The minimum atomic E-state index is -0.902. The van der Waals surface area contributed by atoms with Crippen molar-refractivity contribution in [1.29, 1.82) is 0 Å². The quantitative estimate of drug-likeness (QED) is 0.674. The second kappa shape index (κ2) is 7.04. The highest BCUT2D eigenvalue weighted by molar-refractivity contribution is 5.87. The number of carbonyl (C=O) groups is 1.